The molecule has 1 fully saturated rings. The second-order valence-corrected chi connectivity index (χ2v) is 5.67. The number of rotatable bonds is 2. The molecular weight excluding hydrogens is 250 g/mol. The number of carbonyl (C=O) groups is 1. The van der Waals surface area contributed by atoms with Crippen LogP contribution in [-0.4, -0.2) is 23.5 Å². The van der Waals surface area contributed by atoms with Crippen molar-refractivity contribution in [2.24, 2.45) is 5.41 Å². The predicted octanol–water partition coefficient (Wildman–Crippen LogP) is 2.45. The molecule has 1 aromatic heterocycles. The average molecular weight is 268 g/mol. The van der Waals surface area contributed by atoms with E-state index in [4.69, 9.17) is 11.6 Å². The van der Waals surface area contributed by atoms with Crippen LogP contribution in [0.5, 0.6) is 0 Å². The molecule has 1 aliphatic rings. The second-order valence-electron chi connectivity index (χ2n) is 5.31. The Kier molecular flexibility index (Phi) is 3.88. The van der Waals surface area contributed by atoms with E-state index in [-0.39, 0.29) is 17.4 Å². The third-order valence-corrected chi connectivity index (χ3v) is 3.71. The third kappa shape index (κ3) is 2.82. The van der Waals surface area contributed by atoms with Gasteiger partial charge in [0.05, 0.1) is 11.7 Å². The van der Waals surface area contributed by atoms with Gasteiger partial charge in [-0.15, -0.1) is 0 Å². The Bertz CT molecular complexity index is 448. The number of piperidine rings is 1. The van der Waals surface area contributed by atoms with Gasteiger partial charge in [0.25, 0.3) is 0 Å². The molecule has 1 aliphatic heterocycles. The van der Waals surface area contributed by atoms with E-state index in [1.807, 2.05) is 0 Å². The molecular formula is C13H18ClN3O. The zero-order chi connectivity index (χ0) is 13.2. The van der Waals surface area contributed by atoms with Crippen LogP contribution in [0.3, 0.4) is 0 Å². The fourth-order valence-electron chi connectivity index (χ4n) is 2.34. The molecule has 1 atom stereocenters. The zero-order valence-electron chi connectivity index (χ0n) is 10.7. The summed E-state index contributed by atoms with van der Waals surface area (Å²) in [5, 5.41) is 6.43. The molecule has 2 heterocycles. The standard InChI is InChI=1S/C13H18ClN3O/c1-13(2)6-4-8-15-10(13)12(18)17-9-5-3-7-16-11(9)14/h3,5,7,10,15H,4,6,8H2,1-2H3,(H,17,18). The molecule has 98 valence electrons. The van der Waals surface area contributed by atoms with Crippen LogP contribution < -0.4 is 10.6 Å². The first kappa shape index (κ1) is 13.3. The summed E-state index contributed by atoms with van der Waals surface area (Å²) in [6.45, 7) is 5.09. The number of amides is 1. The van der Waals surface area contributed by atoms with Crippen LogP contribution in [0.2, 0.25) is 5.15 Å². The summed E-state index contributed by atoms with van der Waals surface area (Å²) in [4.78, 5) is 16.2. The smallest absolute Gasteiger partial charge is 0.242 e. The highest BCUT2D eigenvalue weighted by Crippen LogP contribution is 2.31. The number of nitrogens with zero attached hydrogens (tertiary/aromatic N) is 1. The largest absolute Gasteiger partial charge is 0.322 e. The number of nitrogens with one attached hydrogen (secondary N) is 2. The van der Waals surface area contributed by atoms with Gasteiger partial charge in [-0.3, -0.25) is 4.79 Å². The normalized spacial score (nSPS) is 22.5. The number of carbonyl (C=O) groups excluding carboxylic acids is 1. The molecule has 0 saturated carbocycles. The lowest BCUT2D eigenvalue weighted by Crippen LogP contribution is -2.53. The summed E-state index contributed by atoms with van der Waals surface area (Å²) in [6.07, 6.45) is 3.74. The van der Waals surface area contributed by atoms with Crippen molar-refractivity contribution in [3.05, 3.63) is 23.5 Å². The molecule has 4 nitrogen and oxygen atoms in total. The van der Waals surface area contributed by atoms with E-state index < -0.39 is 0 Å². The lowest BCUT2D eigenvalue weighted by Gasteiger charge is -2.38. The van der Waals surface area contributed by atoms with Gasteiger partial charge in [-0.2, -0.15) is 0 Å². The van der Waals surface area contributed by atoms with Crippen molar-refractivity contribution in [2.75, 3.05) is 11.9 Å². The number of halogens is 1. The topological polar surface area (TPSA) is 54.0 Å². The van der Waals surface area contributed by atoms with Crippen LogP contribution >= 0.6 is 11.6 Å². The van der Waals surface area contributed by atoms with Gasteiger partial charge in [-0.25, -0.2) is 4.98 Å². The maximum absolute atomic E-state index is 12.3. The SMILES string of the molecule is CC1(C)CCCNC1C(=O)Nc1cccnc1Cl. The van der Waals surface area contributed by atoms with E-state index in [1.165, 1.54) is 0 Å². The summed E-state index contributed by atoms with van der Waals surface area (Å²) in [7, 11) is 0. The van der Waals surface area contributed by atoms with Gasteiger partial charge in [-0.1, -0.05) is 25.4 Å². The fourth-order valence-corrected chi connectivity index (χ4v) is 2.51. The van der Waals surface area contributed by atoms with Crippen molar-refractivity contribution in [3.8, 4) is 0 Å². The number of hydrogen-bond acceptors (Lipinski definition) is 3. The Morgan fingerprint density at radius 3 is 3.06 bits per heavy atom. The van der Waals surface area contributed by atoms with E-state index in [2.05, 4.69) is 29.5 Å². The Labute approximate surface area is 112 Å². The second kappa shape index (κ2) is 5.24. The first-order valence-corrected chi connectivity index (χ1v) is 6.53. The summed E-state index contributed by atoms with van der Waals surface area (Å²) in [5.74, 6) is -0.0467. The van der Waals surface area contributed by atoms with E-state index in [0.29, 0.717) is 10.8 Å². The molecule has 0 radical (unpaired) electrons. The lowest BCUT2D eigenvalue weighted by molar-refractivity contribution is -0.121. The summed E-state index contributed by atoms with van der Waals surface area (Å²) < 4.78 is 0. The van der Waals surface area contributed by atoms with Gasteiger partial charge in [-0.05, 0) is 36.9 Å². The van der Waals surface area contributed by atoms with Gasteiger partial charge >= 0.3 is 0 Å². The lowest BCUT2D eigenvalue weighted by atomic mass is 9.77. The average Bonchev–Trinajstić information content (AvgIpc) is 2.31. The Morgan fingerprint density at radius 2 is 2.39 bits per heavy atom. The number of pyridine rings is 1. The van der Waals surface area contributed by atoms with Crippen molar-refractivity contribution in [1.29, 1.82) is 0 Å². The summed E-state index contributed by atoms with van der Waals surface area (Å²) >= 11 is 5.93. The highest BCUT2D eigenvalue weighted by molar-refractivity contribution is 6.32. The number of anilines is 1. The summed E-state index contributed by atoms with van der Waals surface area (Å²) in [6, 6.07) is 3.31. The molecule has 1 unspecified atom stereocenters. The van der Waals surface area contributed by atoms with Crippen molar-refractivity contribution in [1.82, 2.24) is 10.3 Å². The van der Waals surface area contributed by atoms with Gasteiger partial charge in [0.15, 0.2) is 5.15 Å². The van der Waals surface area contributed by atoms with Crippen molar-refractivity contribution < 1.29 is 4.79 Å². The van der Waals surface area contributed by atoms with Crippen LogP contribution in [0, 0.1) is 5.41 Å². The molecule has 0 bridgehead atoms. The first-order valence-electron chi connectivity index (χ1n) is 6.15. The van der Waals surface area contributed by atoms with Crippen molar-refractivity contribution >= 4 is 23.2 Å². The van der Waals surface area contributed by atoms with E-state index >= 15 is 0 Å². The monoisotopic (exact) mass is 267 g/mol. The number of hydrogen-bond donors (Lipinski definition) is 2. The predicted molar refractivity (Wildman–Crippen MR) is 72.7 cm³/mol. The first-order chi connectivity index (χ1) is 8.50. The van der Waals surface area contributed by atoms with Crippen LogP contribution in [0.15, 0.2) is 18.3 Å². The molecule has 1 amide bonds. The van der Waals surface area contributed by atoms with Gasteiger partial charge < -0.3 is 10.6 Å². The van der Waals surface area contributed by atoms with Crippen LogP contribution in [0.4, 0.5) is 5.69 Å². The fraction of sp³-hybridized carbons (Fsp3) is 0.538. The maximum atomic E-state index is 12.3. The van der Waals surface area contributed by atoms with Gasteiger partial charge in [0.2, 0.25) is 5.91 Å². The molecule has 1 saturated heterocycles. The highest BCUT2D eigenvalue weighted by atomic mass is 35.5. The molecule has 0 spiro atoms. The Balaban J connectivity index is 2.10. The molecule has 2 rings (SSSR count). The zero-order valence-corrected chi connectivity index (χ0v) is 11.4. The molecule has 2 N–H and O–H groups in total. The van der Waals surface area contributed by atoms with E-state index in [1.54, 1.807) is 18.3 Å². The van der Waals surface area contributed by atoms with Crippen LogP contribution in [0.1, 0.15) is 26.7 Å². The van der Waals surface area contributed by atoms with Crippen LogP contribution in [0.25, 0.3) is 0 Å². The third-order valence-electron chi connectivity index (χ3n) is 3.41. The van der Waals surface area contributed by atoms with Gasteiger partial charge in [0, 0.05) is 6.20 Å². The molecule has 0 aliphatic carbocycles. The summed E-state index contributed by atoms with van der Waals surface area (Å²) in [5.41, 5.74) is 0.518. The Morgan fingerprint density at radius 1 is 1.61 bits per heavy atom. The number of aromatic nitrogens is 1. The molecule has 5 heteroatoms. The van der Waals surface area contributed by atoms with Crippen molar-refractivity contribution in [2.45, 2.75) is 32.7 Å². The van der Waals surface area contributed by atoms with E-state index in [9.17, 15) is 4.79 Å². The highest BCUT2D eigenvalue weighted by Gasteiger charge is 2.37. The minimum Gasteiger partial charge on any atom is -0.322 e. The van der Waals surface area contributed by atoms with E-state index in [0.717, 1.165) is 19.4 Å². The quantitative estimate of drug-likeness (QED) is 0.810. The minimum absolute atomic E-state index is 0.0446. The Hall–Kier alpha value is -1.13. The van der Waals surface area contributed by atoms with Gasteiger partial charge in [0.1, 0.15) is 0 Å². The van der Waals surface area contributed by atoms with Crippen LogP contribution in [-0.2, 0) is 4.79 Å². The molecule has 18 heavy (non-hydrogen) atoms. The molecule has 0 aromatic carbocycles. The molecule has 1 aromatic rings. The van der Waals surface area contributed by atoms with Crippen molar-refractivity contribution in [3.63, 3.8) is 0 Å². The minimum atomic E-state index is -0.192. The maximum Gasteiger partial charge on any atom is 0.242 e.